The molecule has 3 aromatic carbocycles. The summed E-state index contributed by atoms with van der Waals surface area (Å²) in [6.45, 7) is 0. The van der Waals surface area contributed by atoms with Gasteiger partial charge < -0.3 is 4.90 Å². The molecule has 0 spiro atoms. The zero-order valence-corrected chi connectivity index (χ0v) is 14.9. The lowest BCUT2D eigenvalue weighted by Gasteiger charge is -2.23. The van der Waals surface area contributed by atoms with Crippen molar-refractivity contribution < 1.29 is 0 Å². The van der Waals surface area contributed by atoms with Crippen LogP contribution in [0.15, 0.2) is 122 Å². The number of rotatable bonds is 5. The van der Waals surface area contributed by atoms with Crippen LogP contribution in [0.4, 0.5) is 11.4 Å². The third kappa shape index (κ3) is 3.96. The van der Waals surface area contributed by atoms with E-state index in [0.29, 0.717) is 0 Å². The predicted molar refractivity (Wildman–Crippen MR) is 113 cm³/mol. The molecule has 0 fully saturated rings. The van der Waals surface area contributed by atoms with Gasteiger partial charge in [0, 0.05) is 35.5 Å². The minimum atomic E-state index is 1.07. The standard InChI is InChI=1S/C25H20N2/c1-4-10-21(11-5-1)25(22-12-6-2-7-13-22)20-27(23-14-8-3-9-15-23)24-16-18-26-19-17-24/h1-20H. The van der Waals surface area contributed by atoms with E-state index in [9.17, 15) is 0 Å². The highest BCUT2D eigenvalue weighted by Crippen LogP contribution is 2.30. The van der Waals surface area contributed by atoms with Crippen LogP contribution in [-0.2, 0) is 0 Å². The van der Waals surface area contributed by atoms with Crippen LogP contribution in [0.25, 0.3) is 5.57 Å². The smallest absolute Gasteiger partial charge is 0.0486 e. The van der Waals surface area contributed by atoms with Gasteiger partial charge >= 0.3 is 0 Å². The second kappa shape index (κ2) is 8.15. The van der Waals surface area contributed by atoms with E-state index in [1.54, 1.807) is 0 Å². The third-order valence-electron chi connectivity index (χ3n) is 4.40. The molecule has 0 amide bonds. The van der Waals surface area contributed by atoms with E-state index in [1.807, 2.05) is 42.7 Å². The largest absolute Gasteiger partial charge is 0.316 e. The maximum atomic E-state index is 4.17. The van der Waals surface area contributed by atoms with Crippen molar-refractivity contribution in [1.29, 1.82) is 0 Å². The van der Waals surface area contributed by atoms with E-state index >= 15 is 0 Å². The Labute approximate surface area is 160 Å². The Morgan fingerprint density at radius 1 is 0.556 bits per heavy atom. The summed E-state index contributed by atoms with van der Waals surface area (Å²) in [7, 11) is 0. The number of hydrogen-bond acceptors (Lipinski definition) is 2. The molecule has 27 heavy (non-hydrogen) atoms. The molecule has 0 N–H and O–H groups in total. The zero-order chi connectivity index (χ0) is 18.3. The van der Waals surface area contributed by atoms with Crippen LogP contribution in [0, 0.1) is 0 Å². The van der Waals surface area contributed by atoms with Gasteiger partial charge in [0.2, 0.25) is 0 Å². The SMILES string of the molecule is C(=C(c1ccccc1)c1ccccc1)N(c1ccccc1)c1ccncc1. The van der Waals surface area contributed by atoms with E-state index in [4.69, 9.17) is 0 Å². The fourth-order valence-corrected chi connectivity index (χ4v) is 3.07. The molecule has 1 heterocycles. The van der Waals surface area contributed by atoms with Crippen molar-refractivity contribution in [2.75, 3.05) is 4.90 Å². The summed E-state index contributed by atoms with van der Waals surface area (Å²) in [6.07, 6.45) is 5.85. The second-order valence-electron chi connectivity index (χ2n) is 6.19. The van der Waals surface area contributed by atoms with Gasteiger partial charge in [0.05, 0.1) is 0 Å². The zero-order valence-electron chi connectivity index (χ0n) is 14.9. The van der Waals surface area contributed by atoms with E-state index in [-0.39, 0.29) is 0 Å². The molecule has 0 saturated heterocycles. The molecular formula is C25H20N2. The van der Waals surface area contributed by atoms with Crippen LogP contribution in [0.2, 0.25) is 0 Å². The average Bonchev–Trinajstić information content (AvgIpc) is 2.77. The monoisotopic (exact) mass is 348 g/mol. The molecule has 130 valence electrons. The predicted octanol–water partition coefficient (Wildman–Crippen LogP) is 6.31. The first-order valence-corrected chi connectivity index (χ1v) is 8.99. The molecule has 4 aromatic rings. The van der Waals surface area contributed by atoms with Gasteiger partial charge in [0.25, 0.3) is 0 Å². The molecule has 2 nitrogen and oxygen atoms in total. The van der Waals surface area contributed by atoms with Gasteiger partial charge in [-0.3, -0.25) is 4.98 Å². The van der Waals surface area contributed by atoms with Crippen LogP contribution in [0.5, 0.6) is 0 Å². The first-order valence-electron chi connectivity index (χ1n) is 8.99. The Bertz CT molecular complexity index is 914. The fourth-order valence-electron chi connectivity index (χ4n) is 3.07. The van der Waals surface area contributed by atoms with Gasteiger partial charge in [0.15, 0.2) is 0 Å². The highest BCUT2D eigenvalue weighted by atomic mass is 15.1. The summed E-state index contributed by atoms with van der Waals surface area (Å²) in [4.78, 5) is 6.37. The number of nitrogens with zero attached hydrogens (tertiary/aromatic N) is 2. The first kappa shape index (κ1) is 16.8. The van der Waals surface area contributed by atoms with E-state index < -0.39 is 0 Å². The topological polar surface area (TPSA) is 16.1 Å². The molecule has 0 aliphatic carbocycles. The van der Waals surface area contributed by atoms with Gasteiger partial charge in [0.1, 0.15) is 0 Å². The highest BCUT2D eigenvalue weighted by molar-refractivity contribution is 5.83. The number of hydrogen-bond donors (Lipinski definition) is 0. The van der Waals surface area contributed by atoms with Gasteiger partial charge in [-0.15, -0.1) is 0 Å². The highest BCUT2D eigenvalue weighted by Gasteiger charge is 2.11. The summed E-state index contributed by atoms with van der Waals surface area (Å²) < 4.78 is 0. The maximum absolute atomic E-state index is 4.17. The van der Waals surface area contributed by atoms with E-state index in [0.717, 1.165) is 16.9 Å². The number of para-hydroxylation sites is 1. The van der Waals surface area contributed by atoms with Gasteiger partial charge in [-0.05, 0) is 35.4 Å². The minimum absolute atomic E-state index is 1.07. The Kier molecular flexibility index (Phi) is 5.07. The van der Waals surface area contributed by atoms with E-state index in [2.05, 4.69) is 88.9 Å². The van der Waals surface area contributed by atoms with Crippen LogP contribution in [0.1, 0.15) is 11.1 Å². The van der Waals surface area contributed by atoms with E-state index in [1.165, 1.54) is 11.1 Å². The number of pyridine rings is 1. The molecule has 0 radical (unpaired) electrons. The number of benzene rings is 3. The van der Waals surface area contributed by atoms with Crippen LogP contribution in [0.3, 0.4) is 0 Å². The number of aromatic nitrogens is 1. The lowest BCUT2D eigenvalue weighted by Crippen LogP contribution is -2.10. The fraction of sp³-hybridized carbons (Fsp3) is 0. The number of anilines is 2. The molecule has 2 heteroatoms. The molecule has 4 rings (SSSR count). The summed E-state index contributed by atoms with van der Waals surface area (Å²) in [5, 5.41) is 0. The summed E-state index contributed by atoms with van der Waals surface area (Å²) in [5.41, 5.74) is 5.70. The van der Waals surface area contributed by atoms with Crippen LogP contribution < -0.4 is 4.90 Å². The second-order valence-corrected chi connectivity index (χ2v) is 6.19. The van der Waals surface area contributed by atoms with Crippen molar-refractivity contribution in [3.63, 3.8) is 0 Å². The summed E-state index contributed by atoms with van der Waals surface area (Å²) in [5.74, 6) is 0. The van der Waals surface area contributed by atoms with Crippen molar-refractivity contribution in [3.05, 3.63) is 133 Å². The third-order valence-corrected chi connectivity index (χ3v) is 4.40. The first-order chi connectivity index (χ1) is 13.4. The van der Waals surface area contributed by atoms with Crippen molar-refractivity contribution in [3.8, 4) is 0 Å². The van der Waals surface area contributed by atoms with Crippen LogP contribution >= 0.6 is 0 Å². The molecule has 0 aliphatic rings. The Morgan fingerprint density at radius 3 is 1.52 bits per heavy atom. The maximum Gasteiger partial charge on any atom is 0.0486 e. The normalized spacial score (nSPS) is 10.2. The molecular weight excluding hydrogens is 328 g/mol. The van der Waals surface area contributed by atoms with Crippen LogP contribution in [-0.4, -0.2) is 4.98 Å². The minimum Gasteiger partial charge on any atom is -0.316 e. The van der Waals surface area contributed by atoms with Gasteiger partial charge in [-0.2, -0.15) is 0 Å². The summed E-state index contributed by atoms with van der Waals surface area (Å²) in [6, 6.07) is 35.4. The van der Waals surface area contributed by atoms with Crippen molar-refractivity contribution in [2.45, 2.75) is 0 Å². The Morgan fingerprint density at radius 2 is 1.00 bits per heavy atom. The molecule has 0 aliphatic heterocycles. The Balaban J connectivity index is 1.90. The lowest BCUT2D eigenvalue weighted by atomic mass is 9.98. The van der Waals surface area contributed by atoms with Gasteiger partial charge in [-0.1, -0.05) is 78.9 Å². The Hall–Kier alpha value is -3.65. The van der Waals surface area contributed by atoms with Crippen molar-refractivity contribution >= 4 is 16.9 Å². The molecule has 0 bridgehead atoms. The molecule has 0 saturated carbocycles. The molecule has 1 aromatic heterocycles. The van der Waals surface area contributed by atoms with Crippen molar-refractivity contribution in [1.82, 2.24) is 4.98 Å². The molecule has 0 atom stereocenters. The lowest BCUT2D eigenvalue weighted by molar-refractivity contribution is 1.24. The quantitative estimate of drug-likeness (QED) is 0.420. The average molecular weight is 348 g/mol. The molecule has 0 unspecified atom stereocenters. The summed E-state index contributed by atoms with van der Waals surface area (Å²) >= 11 is 0. The van der Waals surface area contributed by atoms with Gasteiger partial charge in [-0.25, -0.2) is 0 Å². The van der Waals surface area contributed by atoms with Crippen molar-refractivity contribution in [2.24, 2.45) is 0 Å².